The van der Waals surface area contributed by atoms with Crippen LogP contribution in [0.3, 0.4) is 0 Å². The molecule has 10 heteroatoms. The lowest BCUT2D eigenvalue weighted by atomic mass is 9.91. The molecule has 0 bridgehead atoms. The van der Waals surface area contributed by atoms with Crippen LogP contribution in [-0.2, 0) is 6.54 Å². The molecule has 1 saturated heterocycles. The van der Waals surface area contributed by atoms with E-state index in [1.54, 1.807) is 11.0 Å². The summed E-state index contributed by atoms with van der Waals surface area (Å²) in [6, 6.07) is 1.70. The van der Waals surface area contributed by atoms with Gasteiger partial charge >= 0.3 is 5.69 Å². The highest BCUT2D eigenvalue weighted by molar-refractivity contribution is 6.05. The number of aromatic nitrogens is 3. The molecule has 1 fully saturated rings. The summed E-state index contributed by atoms with van der Waals surface area (Å²) in [5, 5.41) is 0.179. The highest BCUT2D eigenvalue weighted by atomic mass is 35.5. The number of hydrogen-bond acceptors (Lipinski definition) is 5. The number of amides is 1. The van der Waals surface area contributed by atoms with Gasteiger partial charge in [0, 0.05) is 31.4 Å². The zero-order valence-electron chi connectivity index (χ0n) is 17.8. The third-order valence-electron chi connectivity index (χ3n) is 5.60. The average molecular weight is 460 g/mol. The largest absolute Gasteiger partial charge is 0.338 e. The molecule has 0 spiro atoms. The number of nitrogens with zero attached hydrogens (tertiary/aromatic N) is 3. The van der Waals surface area contributed by atoms with Gasteiger partial charge in [-0.05, 0) is 44.6 Å². The van der Waals surface area contributed by atoms with Crippen molar-refractivity contribution in [2.45, 2.75) is 59.0 Å². The number of aromatic amines is 1. The molecule has 1 aliphatic heterocycles. The normalized spacial score (nSPS) is 17.4. The van der Waals surface area contributed by atoms with Gasteiger partial charge in [0.1, 0.15) is 0 Å². The number of H-pyrrole nitrogens is 1. The van der Waals surface area contributed by atoms with Crippen molar-refractivity contribution in [2.75, 3.05) is 13.1 Å². The standard InChI is InChI=1S/C20H29N5O3.2ClH/c1-5-25-17-16(18(26)23-20(25)28)14(9-15(22-17)11(2)3)19(27)24-8-6-7-13(10-24)12(4)21;;/h9,11-13H,5-8,10,21H2,1-4H3,(H,23,26,28);2*1H. The van der Waals surface area contributed by atoms with E-state index in [1.165, 1.54) is 4.57 Å². The SMILES string of the molecule is CCn1c(=O)[nH]c(=O)c2c(C(=O)N3CCCC(C(C)N)C3)cc(C(C)C)nc21.Cl.Cl. The minimum Gasteiger partial charge on any atom is -0.338 e. The molecular weight excluding hydrogens is 429 g/mol. The topological polar surface area (TPSA) is 114 Å². The molecule has 3 rings (SSSR count). The van der Waals surface area contributed by atoms with Gasteiger partial charge < -0.3 is 10.6 Å². The van der Waals surface area contributed by atoms with Gasteiger partial charge in [-0.3, -0.25) is 19.1 Å². The monoisotopic (exact) mass is 459 g/mol. The number of nitrogens with one attached hydrogen (secondary N) is 1. The molecule has 3 heterocycles. The molecule has 30 heavy (non-hydrogen) atoms. The maximum atomic E-state index is 13.4. The van der Waals surface area contributed by atoms with Crippen LogP contribution >= 0.6 is 24.8 Å². The van der Waals surface area contributed by atoms with E-state index in [9.17, 15) is 14.4 Å². The van der Waals surface area contributed by atoms with E-state index in [2.05, 4.69) is 9.97 Å². The van der Waals surface area contributed by atoms with Gasteiger partial charge in [-0.1, -0.05) is 13.8 Å². The first-order valence-electron chi connectivity index (χ1n) is 9.97. The fourth-order valence-corrected chi connectivity index (χ4v) is 3.85. The van der Waals surface area contributed by atoms with Crippen LogP contribution in [0, 0.1) is 5.92 Å². The van der Waals surface area contributed by atoms with Crippen LogP contribution in [-0.4, -0.2) is 44.5 Å². The summed E-state index contributed by atoms with van der Waals surface area (Å²) in [6.07, 6.45) is 1.87. The lowest BCUT2D eigenvalue weighted by molar-refractivity contribution is 0.0662. The predicted octanol–water partition coefficient (Wildman–Crippen LogP) is 2.27. The van der Waals surface area contributed by atoms with Crippen LogP contribution in [0.4, 0.5) is 0 Å². The highest BCUT2D eigenvalue weighted by Gasteiger charge is 2.29. The Morgan fingerprint density at radius 2 is 1.97 bits per heavy atom. The van der Waals surface area contributed by atoms with Crippen molar-refractivity contribution in [3.8, 4) is 0 Å². The fraction of sp³-hybridized carbons (Fsp3) is 0.600. The number of rotatable bonds is 4. The molecule has 3 N–H and O–H groups in total. The third-order valence-corrected chi connectivity index (χ3v) is 5.60. The molecule has 0 saturated carbocycles. The Morgan fingerprint density at radius 1 is 1.30 bits per heavy atom. The number of likely N-dealkylation sites (tertiary alicyclic amines) is 1. The zero-order chi connectivity index (χ0) is 20.6. The van der Waals surface area contributed by atoms with Gasteiger partial charge in [-0.25, -0.2) is 9.78 Å². The predicted molar refractivity (Wildman–Crippen MR) is 123 cm³/mol. The van der Waals surface area contributed by atoms with E-state index < -0.39 is 11.2 Å². The first kappa shape index (κ1) is 26.1. The number of pyridine rings is 1. The summed E-state index contributed by atoms with van der Waals surface area (Å²) in [4.78, 5) is 46.9. The van der Waals surface area contributed by atoms with Gasteiger partial charge in [0.25, 0.3) is 11.5 Å². The molecule has 2 atom stereocenters. The lowest BCUT2D eigenvalue weighted by Gasteiger charge is -2.35. The van der Waals surface area contributed by atoms with Crippen LogP contribution in [0.25, 0.3) is 11.0 Å². The molecule has 1 aliphatic rings. The Kier molecular flexibility index (Phi) is 9.07. The van der Waals surface area contributed by atoms with Crippen LogP contribution < -0.4 is 17.0 Å². The number of nitrogens with two attached hydrogens (primary N) is 1. The summed E-state index contributed by atoms with van der Waals surface area (Å²) in [7, 11) is 0. The molecule has 0 radical (unpaired) electrons. The van der Waals surface area contributed by atoms with E-state index in [4.69, 9.17) is 5.73 Å². The van der Waals surface area contributed by atoms with Crippen molar-refractivity contribution < 1.29 is 4.79 Å². The second kappa shape index (κ2) is 10.4. The summed E-state index contributed by atoms with van der Waals surface area (Å²) in [6.45, 7) is 9.26. The van der Waals surface area contributed by atoms with E-state index >= 15 is 0 Å². The quantitative estimate of drug-likeness (QED) is 0.727. The van der Waals surface area contributed by atoms with Crippen molar-refractivity contribution in [1.29, 1.82) is 0 Å². The zero-order valence-corrected chi connectivity index (χ0v) is 19.4. The minimum absolute atomic E-state index is 0. The average Bonchev–Trinajstić information content (AvgIpc) is 2.66. The van der Waals surface area contributed by atoms with E-state index in [1.807, 2.05) is 27.7 Å². The first-order chi connectivity index (χ1) is 13.2. The minimum atomic E-state index is -0.573. The maximum absolute atomic E-state index is 13.4. The van der Waals surface area contributed by atoms with Crippen molar-refractivity contribution in [3.63, 3.8) is 0 Å². The van der Waals surface area contributed by atoms with Gasteiger partial charge in [0.15, 0.2) is 5.65 Å². The number of aryl methyl sites for hydroxylation is 1. The van der Waals surface area contributed by atoms with E-state index in [0.717, 1.165) is 12.8 Å². The molecule has 0 aromatic carbocycles. The Morgan fingerprint density at radius 3 is 2.53 bits per heavy atom. The third kappa shape index (κ3) is 4.87. The second-order valence-corrected chi connectivity index (χ2v) is 7.96. The number of carbonyl (C=O) groups excluding carboxylic acids is 1. The van der Waals surface area contributed by atoms with Crippen LogP contribution in [0.15, 0.2) is 15.7 Å². The van der Waals surface area contributed by atoms with Gasteiger partial charge in [-0.15, -0.1) is 24.8 Å². The fourth-order valence-electron chi connectivity index (χ4n) is 3.85. The summed E-state index contributed by atoms with van der Waals surface area (Å²) in [5.74, 6) is 0.0859. The first-order valence-corrected chi connectivity index (χ1v) is 9.97. The number of hydrogen-bond donors (Lipinski definition) is 2. The Bertz CT molecular complexity index is 1020. The lowest BCUT2D eigenvalue weighted by Crippen LogP contribution is -2.45. The van der Waals surface area contributed by atoms with E-state index in [0.29, 0.717) is 30.9 Å². The van der Waals surface area contributed by atoms with E-state index in [-0.39, 0.29) is 59.6 Å². The summed E-state index contributed by atoms with van der Waals surface area (Å²) < 4.78 is 1.40. The van der Waals surface area contributed by atoms with Crippen molar-refractivity contribution in [1.82, 2.24) is 19.4 Å². The molecule has 2 aromatic heterocycles. The Balaban J connectivity index is 0.00000225. The summed E-state index contributed by atoms with van der Waals surface area (Å²) >= 11 is 0. The maximum Gasteiger partial charge on any atom is 0.329 e. The number of carbonyl (C=O) groups is 1. The Labute approximate surface area is 188 Å². The molecule has 0 aliphatic carbocycles. The second-order valence-electron chi connectivity index (χ2n) is 7.96. The molecule has 2 unspecified atom stereocenters. The molecule has 168 valence electrons. The smallest absolute Gasteiger partial charge is 0.329 e. The van der Waals surface area contributed by atoms with Crippen LogP contribution in [0.1, 0.15) is 62.5 Å². The molecule has 8 nitrogen and oxygen atoms in total. The molecule has 2 aromatic rings. The number of piperidine rings is 1. The van der Waals surface area contributed by atoms with Gasteiger partial charge in [-0.2, -0.15) is 0 Å². The number of halogens is 2. The highest BCUT2D eigenvalue weighted by Crippen LogP contribution is 2.24. The van der Waals surface area contributed by atoms with Crippen molar-refractivity contribution >= 4 is 41.8 Å². The molecule has 1 amide bonds. The number of fused-ring (bicyclic) bond motifs is 1. The summed E-state index contributed by atoms with van der Waals surface area (Å²) in [5.41, 5.74) is 6.24. The van der Waals surface area contributed by atoms with Crippen LogP contribution in [0.2, 0.25) is 0 Å². The van der Waals surface area contributed by atoms with Crippen LogP contribution in [0.5, 0.6) is 0 Å². The molecular formula is C20H31Cl2N5O3. The van der Waals surface area contributed by atoms with Gasteiger partial charge in [0.05, 0.1) is 10.9 Å². The Hall–Kier alpha value is -1.90. The van der Waals surface area contributed by atoms with Crippen molar-refractivity contribution in [2.24, 2.45) is 11.7 Å². The van der Waals surface area contributed by atoms with Gasteiger partial charge in [0.2, 0.25) is 0 Å². The van der Waals surface area contributed by atoms with Crippen molar-refractivity contribution in [3.05, 3.63) is 38.2 Å².